The molecule has 1 heterocycles. The second-order valence-electron chi connectivity index (χ2n) is 7.78. The number of carbonyl (C=O) groups excluding carboxylic acids is 1. The van der Waals surface area contributed by atoms with Crippen molar-refractivity contribution in [3.63, 3.8) is 0 Å². The van der Waals surface area contributed by atoms with Crippen LogP contribution in [-0.2, 0) is 10.8 Å². The van der Waals surface area contributed by atoms with E-state index in [1.807, 2.05) is 25.7 Å². The van der Waals surface area contributed by atoms with E-state index in [1.165, 1.54) is 5.56 Å². The van der Waals surface area contributed by atoms with Crippen molar-refractivity contribution in [2.24, 2.45) is 0 Å². The monoisotopic (exact) mass is 333 g/mol. The summed E-state index contributed by atoms with van der Waals surface area (Å²) in [4.78, 5) is 12.7. The van der Waals surface area contributed by atoms with Crippen LogP contribution in [0.25, 0.3) is 10.9 Å². The average Bonchev–Trinajstić information content (AvgIpc) is 2.74. The number of hydrogen-bond acceptors (Lipinski definition) is 2. The lowest BCUT2D eigenvalue weighted by Crippen LogP contribution is -2.37. The predicted octanol–water partition coefficient (Wildman–Crippen LogP) is 4.88. The van der Waals surface area contributed by atoms with Crippen molar-refractivity contribution in [1.29, 1.82) is 0 Å². The summed E-state index contributed by atoms with van der Waals surface area (Å²) < 4.78 is 7.99. The molecule has 3 nitrogen and oxygen atoms in total. The number of benzene rings is 1. The zero-order chi connectivity index (χ0) is 16.7. The van der Waals surface area contributed by atoms with Crippen molar-refractivity contribution >= 4 is 33.4 Å². The van der Waals surface area contributed by atoms with Gasteiger partial charge in [0.15, 0.2) is 8.24 Å². The number of fused-ring (bicyclic) bond motifs is 1. The number of rotatable bonds is 4. The summed E-state index contributed by atoms with van der Waals surface area (Å²) in [6.45, 7) is 15.0. The van der Waals surface area contributed by atoms with Crippen LogP contribution in [0, 0.1) is 0 Å². The molecule has 0 aliphatic heterocycles. The second kappa shape index (κ2) is 5.70. The molecule has 0 amide bonds. The molecule has 120 valence electrons. The maximum Gasteiger partial charge on any atom is 0.340 e. The number of carbonyl (C=O) groups is 1. The van der Waals surface area contributed by atoms with E-state index in [2.05, 4.69) is 49.0 Å². The zero-order valence-electron chi connectivity index (χ0n) is 14.8. The molecule has 22 heavy (non-hydrogen) atoms. The van der Waals surface area contributed by atoms with Gasteiger partial charge in [-0.1, -0.05) is 32.6 Å². The minimum absolute atomic E-state index is 0.171. The van der Waals surface area contributed by atoms with Crippen LogP contribution in [0.4, 0.5) is 0 Å². The number of aromatic nitrogens is 1. The van der Waals surface area contributed by atoms with Crippen LogP contribution < -0.4 is 0 Å². The average molecular weight is 334 g/mol. The van der Waals surface area contributed by atoms with Gasteiger partial charge in [0.25, 0.3) is 0 Å². The molecule has 0 spiro atoms. The van der Waals surface area contributed by atoms with Crippen LogP contribution in [0.1, 0.15) is 23.0 Å². The van der Waals surface area contributed by atoms with Crippen LogP contribution in [-0.4, -0.2) is 26.8 Å². The fourth-order valence-electron chi connectivity index (χ4n) is 2.69. The second-order valence-corrected chi connectivity index (χ2v) is 17.0. The first kappa shape index (κ1) is 17.0. The first-order valence-corrected chi connectivity index (χ1v) is 14.8. The highest BCUT2D eigenvalue weighted by atomic mass is 28.4. The quantitative estimate of drug-likeness (QED) is 0.747. The molecule has 0 atom stereocenters. The Labute approximate surface area is 135 Å². The lowest BCUT2D eigenvalue weighted by molar-refractivity contribution is 0.0717. The highest BCUT2D eigenvalue weighted by Crippen LogP contribution is 2.27. The molecule has 2 aromatic rings. The topological polar surface area (TPSA) is 31.2 Å². The Morgan fingerprint density at radius 2 is 1.73 bits per heavy atom. The molecular formula is C17H27NO2Si2. The van der Waals surface area contributed by atoms with E-state index in [9.17, 15) is 4.79 Å². The molecule has 0 aliphatic carbocycles. The van der Waals surface area contributed by atoms with Crippen LogP contribution in [0.5, 0.6) is 0 Å². The molecule has 0 saturated heterocycles. The van der Waals surface area contributed by atoms with Gasteiger partial charge in [-0.3, -0.25) is 0 Å². The van der Waals surface area contributed by atoms with E-state index < -0.39 is 16.6 Å². The Morgan fingerprint density at radius 1 is 1.09 bits per heavy atom. The standard InChI is InChI=1S/C17H27NO2Si2/c1-8-13-9-10-15-14(11-13)12-16(18(15)21(2,3)4)17(19)20-22(5,6)7/h9-12H,8H2,1-7H3. The van der Waals surface area contributed by atoms with Gasteiger partial charge in [-0.15, -0.1) is 0 Å². The lowest BCUT2D eigenvalue weighted by atomic mass is 10.1. The Kier molecular flexibility index (Phi) is 4.41. The molecule has 0 saturated carbocycles. The van der Waals surface area contributed by atoms with E-state index in [1.54, 1.807) is 0 Å². The Balaban J connectivity index is 2.64. The van der Waals surface area contributed by atoms with Gasteiger partial charge in [-0.25, -0.2) is 4.79 Å². The van der Waals surface area contributed by atoms with E-state index in [0.29, 0.717) is 5.69 Å². The molecule has 2 rings (SSSR count). The summed E-state index contributed by atoms with van der Waals surface area (Å²) in [6.07, 6.45) is 1.00. The van der Waals surface area contributed by atoms with Gasteiger partial charge < -0.3 is 8.66 Å². The van der Waals surface area contributed by atoms with E-state index in [-0.39, 0.29) is 5.97 Å². The van der Waals surface area contributed by atoms with Crippen molar-refractivity contribution in [3.05, 3.63) is 35.5 Å². The van der Waals surface area contributed by atoms with Gasteiger partial charge >= 0.3 is 5.97 Å². The first-order chi connectivity index (χ1) is 10.0. The zero-order valence-corrected chi connectivity index (χ0v) is 16.8. The molecule has 0 fully saturated rings. The van der Waals surface area contributed by atoms with Crippen molar-refractivity contribution in [2.45, 2.75) is 52.6 Å². The van der Waals surface area contributed by atoms with Gasteiger partial charge in [0.2, 0.25) is 8.32 Å². The van der Waals surface area contributed by atoms with Crippen molar-refractivity contribution < 1.29 is 9.22 Å². The molecule has 1 aromatic heterocycles. The van der Waals surface area contributed by atoms with Crippen LogP contribution >= 0.6 is 0 Å². The van der Waals surface area contributed by atoms with Gasteiger partial charge in [0.1, 0.15) is 5.69 Å². The van der Waals surface area contributed by atoms with Crippen molar-refractivity contribution in [1.82, 2.24) is 4.23 Å². The van der Waals surface area contributed by atoms with Gasteiger partial charge in [-0.2, -0.15) is 0 Å². The van der Waals surface area contributed by atoms with Gasteiger partial charge in [0.05, 0.1) is 0 Å². The normalized spacial score (nSPS) is 12.7. The molecule has 0 aliphatic rings. The predicted molar refractivity (Wildman–Crippen MR) is 98.8 cm³/mol. The minimum atomic E-state index is -1.90. The van der Waals surface area contributed by atoms with Crippen LogP contribution in [0.2, 0.25) is 39.3 Å². The molecule has 0 bridgehead atoms. The highest BCUT2D eigenvalue weighted by molar-refractivity contribution is 6.76. The summed E-state index contributed by atoms with van der Waals surface area (Å²) >= 11 is 0. The fourth-order valence-corrected chi connectivity index (χ4v) is 5.15. The van der Waals surface area contributed by atoms with Crippen LogP contribution in [0.3, 0.4) is 0 Å². The SMILES string of the molecule is CCc1ccc2c(c1)cc(C(=O)O[Si](C)(C)C)n2[Si](C)(C)C. The summed E-state index contributed by atoms with van der Waals surface area (Å²) in [6, 6.07) is 8.51. The molecule has 1 aromatic carbocycles. The Hall–Kier alpha value is -1.34. The van der Waals surface area contributed by atoms with E-state index in [4.69, 9.17) is 4.43 Å². The lowest BCUT2D eigenvalue weighted by Gasteiger charge is -2.25. The Bertz CT molecular complexity index is 706. The molecular weight excluding hydrogens is 306 g/mol. The van der Waals surface area contributed by atoms with E-state index in [0.717, 1.165) is 17.3 Å². The highest BCUT2D eigenvalue weighted by Gasteiger charge is 2.29. The summed E-state index contributed by atoms with van der Waals surface area (Å²) in [5.74, 6) is -0.171. The molecule has 0 radical (unpaired) electrons. The Morgan fingerprint density at radius 3 is 2.23 bits per heavy atom. The summed E-state index contributed by atoms with van der Waals surface area (Å²) in [5.41, 5.74) is 3.16. The first-order valence-electron chi connectivity index (χ1n) is 7.91. The fraction of sp³-hybridized carbons (Fsp3) is 0.471. The number of aryl methyl sites for hydroxylation is 1. The molecule has 5 heteroatoms. The number of hydrogen-bond donors (Lipinski definition) is 0. The smallest absolute Gasteiger partial charge is 0.340 e. The molecule has 0 N–H and O–H groups in total. The van der Waals surface area contributed by atoms with Crippen molar-refractivity contribution in [2.75, 3.05) is 0 Å². The summed E-state index contributed by atoms with van der Waals surface area (Å²) in [7, 11) is -3.62. The third-order valence-electron chi connectivity index (χ3n) is 3.55. The minimum Gasteiger partial charge on any atom is -0.515 e. The molecule has 0 unspecified atom stereocenters. The van der Waals surface area contributed by atoms with Gasteiger partial charge in [-0.05, 0) is 55.2 Å². The maximum absolute atomic E-state index is 12.7. The largest absolute Gasteiger partial charge is 0.515 e. The summed E-state index contributed by atoms with van der Waals surface area (Å²) in [5, 5.41) is 1.14. The number of nitrogens with zero attached hydrogens (tertiary/aromatic N) is 1. The van der Waals surface area contributed by atoms with Crippen molar-refractivity contribution in [3.8, 4) is 0 Å². The van der Waals surface area contributed by atoms with E-state index >= 15 is 0 Å². The third kappa shape index (κ3) is 3.52. The van der Waals surface area contributed by atoms with Crippen LogP contribution in [0.15, 0.2) is 24.3 Å². The third-order valence-corrected chi connectivity index (χ3v) is 6.17. The van der Waals surface area contributed by atoms with Gasteiger partial charge in [0, 0.05) is 5.52 Å². The maximum atomic E-state index is 12.7.